The second kappa shape index (κ2) is 9.39. The van der Waals surface area contributed by atoms with Gasteiger partial charge in [-0.3, -0.25) is 4.79 Å². The molecule has 0 unspecified atom stereocenters. The number of amides is 1. The first-order chi connectivity index (χ1) is 11.2. The lowest BCUT2D eigenvalue weighted by Crippen LogP contribution is -2.35. The van der Waals surface area contributed by atoms with Crippen LogP contribution < -0.4 is 5.73 Å². The maximum atomic E-state index is 12.6. The largest absolute Gasteiger partial charge is 0.383 e. The molecule has 0 spiro atoms. The summed E-state index contributed by atoms with van der Waals surface area (Å²) in [6.45, 7) is 2.14. The van der Waals surface area contributed by atoms with E-state index in [1.54, 1.807) is 12.5 Å². The average Bonchev–Trinajstić information content (AvgIpc) is 3.07. The van der Waals surface area contributed by atoms with Crippen molar-refractivity contribution in [1.29, 1.82) is 0 Å². The van der Waals surface area contributed by atoms with Gasteiger partial charge in [-0.2, -0.15) is 0 Å². The molecule has 0 atom stereocenters. The Hall–Kier alpha value is -1.76. The summed E-state index contributed by atoms with van der Waals surface area (Å²) >= 11 is 1.42. The Morgan fingerprint density at radius 3 is 2.74 bits per heavy atom. The van der Waals surface area contributed by atoms with Crippen LogP contribution in [0.25, 0.3) is 0 Å². The Labute approximate surface area is 141 Å². The molecule has 0 aliphatic heterocycles. The van der Waals surface area contributed by atoms with Crippen molar-refractivity contribution in [2.75, 3.05) is 26.8 Å². The summed E-state index contributed by atoms with van der Waals surface area (Å²) in [5.74, 6) is -0.0499. The fourth-order valence-electron chi connectivity index (χ4n) is 2.30. The smallest absolute Gasteiger partial charge is 0.273 e. The summed E-state index contributed by atoms with van der Waals surface area (Å²) in [6.07, 6.45) is 1.86. The SMILES string of the molecule is COCCN(CCCc1ccccc1)C(=O)c1csc(CN)n1. The molecule has 1 aromatic heterocycles. The molecule has 2 aromatic rings. The zero-order valence-corrected chi connectivity index (χ0v) is 14.2. The van der Waals surface area contributed by atoms with Crippen LogP contribution in [0.3, 0.4) is 0 Å². The third-order valence-electron chi connectivity index (χ3n) is 3.53. The number of benzene rings is 1. The van der Waals surface area contributed by atoms with Gasteiger partial charge in [0.1, 0.15) is 10.7 Å². The monoisotopic (exact) mass is 333 g/mol. The maximum Gasteiger partial charge on any atom is 0.273 e. The lowest BCUT2D eigenvalue weighted by molar-refractivity contribution is 0.0688. The van der Waals surface area contributed by atoms with Crippen LogP contribution in [-0.4, -0.2) is 42.6 Å². The van der Waals surface area contributed by atoms with Crippen molar-refractivity contribution in [2.45, 2.75) is 19.4 Å². The molecule has 0 bridgehead atoms. The number of nitrogens with two attached hydrogens (primary N) is 1. The molecule has 1 aromatic carbocycles. The van der Waals surface area contributed by atoms with Gasteiger partial charge in [0.15, 0.2) is 0 Å². The van der Waals surface area contributed by atoms with Crippen LogP contribution in [0, 0.1) is 0 Å². The highest BCUT2D eigenvalue weighted by Crippen LogP contribution is 2.12. The van der Waals surface area contributed by atoms with Gasteiger partial charge in [0, 0.05) is 32.1 Å². The van der Waals surface area contributed by atoms with E-state index in [4.69, 9.17) is 10.5 Å². The van der Waals surface area contributed by atoms with Gasteiger partial charge in [-0.15, -0.1) is 11.3 Å². The highest BCUT2D eigenvalue weighted by Gasteiger charge is 2.18. The van der Waals surface area contributed by atoms with Crippen LogP contribution in [0.4, 0.5) is 0 Å². The first-order valence-corrected chi connectivity index (χ1v) is 8.59. The minimum Gasteiger partial charge on any atom is -0.383 e. The minimum atomic E-state index is -0.0499. The normalized spacial score (nSPS) is 10.7. The van der Waals surface area contributed by atoms with Crippen LogP contribution in [-0.2, 0) is 17.7 Å². The van der Waals surface area contributed by atoms with Crippen LogP contribution in [0.15, 0.2) is 35.7 Å². The first-order valence-electron chi connectivity index (χ1n) is 7.71. The molecular formula is C17H23N3O2S. The molecule has 2 N–H and O–H groups in total. The number of methoxy groups -OCH3 is 1. The molecule has 0 radical (unpaired) electrons. The number of nitrogens with zero attached hydrogens (tertiary/aromatic N) is 2. The predicted octanol–water partition coefficient (Wildman–Crippen LogP) is 2.32. The third kappa shape index (κ3) is 5.42. The van der Waals surface area contributed by atoms with Crippen LogP contribution in [0.1, 0.15) is 27.5 Å². The summed E-state index contributed by atoms with van der Waals surface area (Å²) in [5, 5.41) is 2.56. The molecule has 0 saturated heterocycles. The Bertz CT molecular complexity index is 601. The summed E-state index contributed by atoms with van der Waals surface area (Å²) in [4.78, 5) is 18.7. The van der Waals surface area contributed by atoms with E-state index >= 15 is 0 Å². The molecule has 2 rings (SSSR count). The van der Waals surface area contributed by atoms with Crippen molar-refractivity contribution in [3.05, 3.63) is 52.0 Å². The minimum absolute atomic E-state index is 0.0499. The van der Waals surface area contributed by atoms with Gasteiger partial charge in [-0.25, -0.2) is 4.98 Å². The van der Waals surface area contributed by atoms with Gasteiger partial charge in [0.2, 0.25) is 0 Å². The molecule has 6 heteroatoms. The molecule has 5 nitrogen and oxygen atoms in total. The molecule has 0 aliphatic carbocycles. The Morgan fingerprint density at radius 1 is 1.30 bits per heavy atom. The topological polar surface area (TPSA) is 68.5 Å². The number of thiazole rings is 1. The molecule has 0 aliphatic rings. The summed E-state index contributed by atoms with van der Waals surface area (Å²) in [5.41, 5.74) is 7.33. The maximum absolute atomic E-state index is 12.6. The van der Waals surface area contributed by atoms with E-state index in [-0.39, 0.29) is 5.91 Å². The van der Waals surface area contributed by atoms with Crippen LogP contribution in [0.5, 0.6) is 0 Å². The molecule has 1 amide bonds. The van der Waals surface area contributed by atoms with E-state index in [9.17, 15) is 4.79 Å². The Morgan fingerprint density at radius 2 is 2.09 bits per heavy atom. The lowest BCUT2D eigenvalue weighted by atomic mass is 10.1. The molecule has 124 valence electrons. The molecule has 1 heterocycles. The molecular weight excluding hydrogens is 310 g/mol. The molecule has 23 heavy (non-hydrogen) atoms. The van der Waals surface area contributed by atoms with E-state index in [1.165, 1.54) is 16.9 Å². The van der Waals surface area contributed by atoms with Gasteiger partial charge in [-0.05, 0) is 18.4 Å². The number of aromatic nitrogens is 1. The van der Waals surface area contributed by atoms with Crippen molar-refractivity contribution < 1.29 is 9.53 Å². The van der Waals surface area contributed by atoms with Gasteiger partial charge in [-0.1, -0.05) is 30.3 Å². The van der Waals surface area contributed by atoms with Crippen molar-refractivity contribution in [3.63, 3.8) is 0 Å². The summed E-state index contributed by atoms with van der Waals surface area (Å²) < 4.78 is 5.12. The van der Waals surface area contributed by atoms with Crippen molar-refractivity contribution in [2.24, 2.45) is 5.73 Å². The van der Waals surface area contributed by atoms with E-state index < -0.39 is 0 Å². The van der Waals surface area contributed by atoms with Gasteiger partial charge >= 0.3 is 0 Å². The van der Waals surface area contributed by atoms with Crippen LogP contribution >= 0.6 is 11.3 Å². The standard InChI is InChI=1S/C17H23N3O2S/c1-22-11-10-20(9-5-8-14-6-3-2-4-7-14)17(21)15-13-23-16(12-18)19-15/h2-4,6-7,13H,5,8-12,18H2,1H3. The highest BCUT2D eigenvalue weighted by molar-refractivity contribution is 7.09. The van der Waals surface area contributed by atoms with E-state index in [2.05, 4.69) is 17.1 Å². The Balaban J connectivity index is 1.94. The first kappa shape index (κ1) is 17.6. The Kier molecular flexibility index (Phi) is 7.19. The van der Waals surface area contributed by atoms with E-state index in [0.29, 0.717) is 31.9 Å². The lowest BCUT2D eigenvalue weighted by Gasteiger charge is -2.21. The average molecular weight is 333 g/mol. The van der Waals surface area contributed by atoms with Gasteiger partial charge in [0.05, 0.1) is 6.61 Å². The number of ether oxygens (including phenoxy) is 1. The zero-order chi connectivity index (χ0) is 16.5. The number of carbonyl (C=O) groups excluding carboxylic acids is 1. The number of carbonyl (C=O) groups is 1. The quantitative estimate of drug-likeness (QED) is 0.765. The van der Waals surface area contributed by atoms with E-state index in [0.717, 1.165) is 17.8 Å². The number of hydrogen-bond acceptors (Lipinski definition) is 5. The molecule has 0 saturated carbocycles. The van der Waals surface area contributed by atoms with Crippen molar-refractivity contribution >= 4 is 17.2 Å². The third-order valence-corrected chi connectivity index (χ3v) is 4.41. The van der Waals surface area contributed by atoms with Gasteiger partial charge < -0.3 is 15.4 Å². The van der Waals surface area contributed by atoms with Crippen molar-refractivity contribution in [1.82, 2.24) is 9.88 Å². The number of hydrogen-bond donors (Lipinski definition) is 1. The van der Waals surface area contributed by atoms with Crippen molar-refractivity contribution in [3.8, 4) is 0 Å². The number of aryl methyl sites for hydroxylation is 1. The second-order valence-corrected chi connectivity index (χ2v) is 6.15. The highest BCUT2D eigenvalue weighted by atomic mass is 32.1. The summed E-state index contributed by atoms with van der Waals surface area (Å²) in [6, 6.07) is 10.3. The van der Waals surface area contributed by atoms with E-state index in [1.807, 2.05) is 23.1 Å². The zero-order valence-electron chi connectivity index (χ0n) is 13.4. The van der Waals surface area contributed by atoms with Gasteiger partial charge in [0.25, 0.3) is 5.91 Å². The fraction of sp³-hybridized carbons (Fsp3) is 0.412. The summed E-state index contributed by atoms with van der Waals surface area (Å²) in [7, 11) is 1.64. The van der Waals surface area contributed by atoms with Crippen LogP contribution in [0.2, 0.25) is 0 Å². The second-order valence-electron chi connectivity index (χ2n) is 5.20. The fourth-order valence-corrected chi connectivity index (χ4v) is 2.95. The predicted molar refractivity (Wildman–Crippen MR) is 92.5 cm³/mol. The molecule has 0 fully saturated rings. The number of rotatable bonds is 9.